The summed E-state index contributed by atoms with van der Waals surface area (Å²) in [7, 11) is 3.20. The summed E-state index contributed by atoms with van der Waals surface area (Å²) in [6, 6.07) is 17.9. The van der Waals surface area contributed by atoms with Crippen molar-refractivity contribution >= 4 is 40.2 Å². The first kappa shape index (κ1) is 28.0. The van der Waals surface area contributed by atoms with Crippen LogP contribution in [0.5, 0.6) is 5.75 Å². The smallest absolute Gasteiger partial charge is 0.161 e. The second-order valence-electron chi connectivity index (χ2n) is 8.19. The Labute approximate surface area is 202 Å². The first-order valence-corrected chi connectivity index (χ1v) is 13.8. The van der Waals surface area contributed by atoms with Crippen molar-refractivity contribution in [2.45, 2.75) is 53.7 Å². The van der Waals surface area contributed by atoms with Crippen LogP contribution in [0.2, 0.25) is 0 Å². The number of hydrogen-bond acceptors (Lipinski definition) is 6. The summed E-state index contributed by atoms with van der Waals surface area (Å²) in [4.78, 5) is 12.8. The highest BCUT2D eigenvalue weighted by Gasteiger charge is 2.27. The van der Waals surface area contributed by atoms with Gasteiger partial charge in [0.15, 0.2) is 5.78 Å². The lowest BCUT2D eigenvalue weighted by Crippen LogP contribution is -2.41. The molecule has 0 radical (unpaired) electrons. The van der Waals surface area contributed by atoms with Gasteiger partial charge in [-0.3, -0.25) is 4.79 Å². The number of benzene rings is 2. The predicted molar refractivity (Wildman–Crippen MR) is 142 cm³/mol. The molecule has 2 rings (SSSR count). The summed E-state index contributed by atoms with van der Waals surface area (Å²) in [5, 5.41) is 0. The van der Waals surface area contributed by atoms with E-state index in [4.69, 9.17) is 4.74 Å². The summed E-state index contributed by atoms with van der Waals surface area (Å²) in [5.74, 6) is 1.54. The number of hydrogen-bond donors (Lipinski definition) is 1. The molecule has 31 heavy (non-hydrogen) atoms. The van der Waals surface area contributed by atoms with E-state index >= 15 is 0 Å². The quantitative estimate of drug-likeness (QED) is 0.277. The molecule has 172 valence electrons. The van der Waals surface area contributed by atoms with E-state index in [-0.39, 0.29) is 17.2 Å². The fourth-order valence-electron chi connectivity index (χ4n) is 2.88. The Morgan fingerprint density at radius 2 is 1.65 bits per heavy atom. The molecule has 0 saturated heterocycles. The van der Waals surface area contributed by atoms with Crippen molar-refractivity contribution in [2.75, 3.05) is 18.6 Å². The molecule has 0 aliphatic heterocycles. The molecule has 0 aromatic heterocycles. The number of carbonyl (C=O) groups excluding carboxylic acids is 1. The van der Waals surface area contributed by atoms with Crippen LogP contribution in [0.3, 0.4) is 0 Å². The standard InChI is InChI=1S/C23H31NO2S3.C2H6/c1-23(2,3)17-24(27)21(22(25)16-29-28-4)14-18-10-12-20(13-11-18)26-15-19-8-6-5-7-9-19;1-2/h5-13,21,27H,14-17H2,1-4H3;1-2H3/t21-;/m1./s1. The maximum Gasteiger partial charge on any atom is 0.161 e. The summed E-state index contributed by atoms with van der Waals surface area (Å²) in [6.45, 7) is 11.8. The molecular formula is C25H37NO2S3. The van der Waals surface area contributed by atoms with Gasteiger partial charge in [-0.05, 0) is 41.4 Å². The van der Waals surface area contributed by atoms with Crippen molar-refractivity contribution in [1.82, 2.24) is 4.31 Å². The van der Waals surface area contributed by atoms with Gasteiger partial charge < -0.3 is 4.74 Å². The predicted octanol–water partition coefficient (Wildman–Crippen LogP) is 6.98. The fourth-order valence-corrected chi connectivity index (χ4v) is 4.64. The molecule has 6 heteroatoms. The van der Waals surface area contributed by atoms with E-state index < -0.39 is 0 Å². The lowest BCUT2D eigenvalue weighted by molar-refractivity contribution is -0.120. The van der Waals surface area contributed by atoms with Crippen LogP contribution in [0.4, 0.5) is 0 Å². The van der Waals surface area contributed by atoms with E-state index in [9.17, 15) is 4.79 Å². The van der Waals surface area contributed by atoms with Crippen LogP contribution in [-0.4, -0.2) is 34.7 Å². The molecular weight excluding hydrogens is 442 g/mol. The maximum atomic E-state index is 12.8. The molecule has 3 nitrogen and oxygen atoms in total. The number of rotatable bonds is 11. The molecule has 1 atom stereocenters. The van der Waals surface area contributed by atoms with Gasteiger partial charge in [0, 0.05) is 6.54 Å². The SMILES string of the molecule is CC.CSSCC(=O)[C@@H](Cc1ccc(OCc2ccccc2)cc1)N(S)CC(C)(C)C. The van der Waals surface area contributed by atoms with E-state index in [1.807, 2.05) is 79.0 Å². The fraction of sp³-hybridized carbons (Fsp3) is 0.480. The minimum Gasteiger partial charge on any atom is -0.489 e. The monoisotopic (exact) mass is 479 g/mol. The minimum absolute atomic E-state index is 0.0715. The molecule has 2 aromatic carbocycles. The van der Waals surface area contributed by atoms with Gasteiger partial charge in [0.05, 0.1) is 11.8 Å². The van der Waals surface area contributed by atoms with Crippen molar-refractivity contribution in [2.24, 2.45) is 5.41 Å². The zero-order valence-electron chi connectivity index (χ0n) is 19.6. The van der Waals surface area contributed by atoms with Gasteiger partial charge in [-0.1, -0.05) is 111 Å². The second kappa shape index (κ2) is 14.9. The van der Waals surface area contributed by atoms with E-state index in [2.05, 4.69) is 33.6 Å². The Balaban J connectivity index is 0.00000233. The number of Topliss-reactive ketones (excluding diaryl/α,β-unsaturated/α-hetero) is 1. The van der Waals surface area contributed by atoms with Crippen LogP contribution in [0.1, 0.15) is 45.7 Å². The number of ether oxygens (including phenoxy) is 1. The van der Waals surface area contributed by atoms with Gasteiger partial charge in [0.1, 0.15) is 12.4 Å². The molecule has 0 aliphatic rings. The van der Waals surface area contributed by atoms with Crippen molar-refractivity contribution in [3.05, 3.63) is 65.7 Å². The molecule has 0 saturated carbocycles. The molecule has 0 bridgehead atoms. The zero-order chi connectivity index (χ0) is 23.3. The van der Waals surface area contributed by atoms with Crippen LogP contribution in [0, 0.1) is 5.41 Å². The van der Waals surface area contributed by atoms with Crippen LogP contribution in [-0.2, 0) is 17.8 Å². The van der Waals surface area contributed by atoms with Crippen LogP contribution >= 0.6 is 34.4 Å². The molecule has 0 fully saturated rings. The highest BCUT2D eigenvalue weighted by Crippen LogP contribution is 2.24. The molecule has 0 unspecified atom stereocenters. The molecule has 0 aliphatic carbocycles. The lowest BCUT2D eigenvalue weighted by atomic mass is 9.95. The molecule has 2 aromatic rings. The van der Waals surface area contributed by atoms with Gasteiger partial charge in [-0.2, -0.15) is 0 Å². The van der Waals surface area contributed by atoms with E-state index in [0.717, 1.165) is 23.4 Å². The average Bonchev–Trinajstić information content (AvgIpc) is 2.76. The Morgan fingerprint density at radius 3 is 2.19 bits per heavy atom. The van der Waals surface area contributed by atoms with Crippen molar-refractivity contribution in [1.29, 1.82) is 0 Å². The van der Waals surface area contributed by atoms with Crippen molar-refractivity contribution in [3.8, 4) is 5.75 Å². The summed E-state index contributed by atoms with van der Waals surface area (Å²) < 4.78 is 7.77. The molecule has 0 amide bonds. The van der Waals surface area contributed by atoms with E-state index in [1.54, 1.807) is 21.6 Å². The van der Waals surface area contributed by atoms with Crippen molar-refractivity contribution < 1.29 is 9.53 Å². The Bertz CT molecular complexity index is 746. The van der Waals surface area contributed by atoms with Gasteiger partial charge >= 0.3 is 0 Å². The average molecular weight is 480 g/mol. The Kier molecular flexibility index (Phi) is 13.4. The Hall–Kier alpha value is -1.08. The van der Waals surface area contributed by atoms with Crippen LogP contribution < -0.4 is 4.74 Å². The maximum absolute atomic E-state index is 12.8. The largest absolute Gasteiger partial charge is 0.489 e. The summed E-state index contributed by atoms with van der Waals surface area (Å²) in [6.07, 6.45) is 2.64. The number of thiol groups is 1. The van der Waals surface area contributed by atoms with Gasteiger partial charge in [-0.15, -0.1) is 0 Å². The van der Waals surface area contributed by atoms with Gasteiger partial charge in [0.2, 0.25) is 0 Å². The third kappa shape index (κ3) is 11.4. The third-order valence-corrected chi connectivity index (χ3v) is 6.41. The van der Waals surface area contributed by atoms with E-state index in [0.29, 0.717) is 18.8 Å². The van der Waals surface area contributed by atoms with Crippen LogP contribution in [0.25, 0.3) is 0 Å². The second-order valence-corrected chi connectivity index (χ2v) is 11.3. The summed E-state index contributed by atoms with van der Waals surface area (Å²) in [5.41, 5.74) is 2.32. The highest BCUT2D eigenvalue weighted by molar-refractivity contribution is 8.76. The topological polar surface area (TPSA) is 29.5 Å². The minimum atomic E-state index is -0.242. The molecule has 0 spiro atoms. The van der Waals surface area contributed by atoms with Crippen molar-refractivity contribution in [3.63, 3.8) is 0 Å². The molecule has 0 N–H and O–H groups in total. The first-order valence-electron chi connectivity index (χ1n) is 10.7. The zero-order valence-corrected chi connectivity index (χ0v) is 22.2. The van der Waals surface area contributed by atoms with E-state index in [1.165, 1.54) is 0 Å². The highest BCUT2D eigenvalue weighted by atomic mass is 33.1. The van der Waals surface area contributed by atoms with Gasteiger partial charge in [-0.25, -0.2) is 4.31 Å². The van der Waals surface area contributed by atoms with Gasteiger partial charge in [0.25, 0.3) is 0 Å². The Morgan fingerprint density at radius 1 is 1.03 bits per heavy atom. The first-order chi connectivity index (χ1) is 14.8. The number of carbonyl (C=O) groups is 1. The normalized spacial score (nSPS) is 12.1. The van der Waals surface area contributed by atoms with Crippen LogP contribution in [0.15, 0.2) is 54.6 Å². The third-order valence-electron chi connectivity index (χ3n) is 4.29. The number of ketones is 1. The molecule has 0 heterocycles. The summed E-state index contributed by atoms with van der Waals surface area (Å²) >= 11 is 4.68. The number of nitrogens with zero attached hydrogens (tertiary/aromatic N) is 1. The lowest BCUT2D eigenvalue weighted by Gasteiger charge is -2.31.